The van der Waals surface area contributed by atoms with Gasteiger partial charge in [-0.15, -0.1) is 11.6 Å². The number of hydrogen-bond donors (Lipinski definition) is 1. The summed E-state index contributed by atoms with van der Waals surface area (Å²) >= 11 is 5.61. The second-order valence-corrected chi connectivity index (χ2v) is 3.66. The van der Waals surface area contributed by atoms with Crippen LogP contribution in [0.2, 0.25) is 0 Å². The molecule has 3 heteroatoms. The molecule has 0 amide bonds. The third-order valence-electron chi connectivity index (χ3n) is 1.78. The van der Waals surface area contributed by atoms with E-state index in [0.29, 0.717) is 0 Å². The Kier molecular flexibility index (Phi) is 2.94. The van der Waals surface area contributed by atoms with E-state index >= 15 is 0 Å². The van der Waals surface area contributed by atoms with Crippen LogP contribution in [0, 0.1) is 6.92 Å². The molecule has 0 heterocycles. The second-order valence-electron chi connectivity index (χ2n) is 3.00. The molecule has 0 aliphatic heterocycles. The highest BCUT2D eigenvalue weighted by Gasteiger charge is 2.15. The van der Waals surface area contributed by atoms with Gasteiger partial charge in [-0.25, -0.2) is 0 Å². The van der Waals surface area contributed by atoms with Crippen molar-refractivity contribution in [2.75, 3.05) is 0 Å². The first-order valence-electron chi connectivity index (χ1n) is 4.00. The minimum Gasteiger partial charge on any atom is -0.507 e. The summed E-state index contributed by atoms with van der Waals surface area (Å²) in [6.07, 6.45) is 0. The number of phenols is 1. The number of aromatic hydroxyl groups is 1. The molecule has 1 N–H and O–H groups in total. The maximum atomic E-state index is 11.4. The number of ketones is 1. The predicted molar refractivity (Wildman–Crippen MR) is 52.5 cm³/mol. The van der Waals surface area contributed by atoms with Gasteiger partial charge in [-0.1, -0.05) is 6.07 Å². The molecule has 0 saturated heterocycles. The minimum atomic E-state index is -0.603. The van der Waals surface area contributed by atoms with Crippen molar-refractivity contribution in [3.63, 3.8) is 0 Å². The molecule has 0 bridgehead atoms. The Hall–Kier alpha value is -1.02. The van der Waals surface area contributed by atoms with Crippen molar-refractivity contribution in [1.82, 2.24) is 0 Å². The second kappa shape index (κ2) is 3.79. The summed E-state index contributed by atoms with van der Waals surface area (Å²) in [7, 11) is 0. The Morgan fingerprint density at radius 1 is 1.54 bits per heavy atom. The Balaban J connectivity index is 3.09. The SMILES string of the molecule is Cc1ccc(C(=O)C(C)Cl)c(O)c1. The third kappa shape index (κ3) is 2.22. The van der Waals surface area contributed by atoms with Crippen LogP contribution in [0.25, 0.3) is 0 Å². The molecular weight excluding hydrogens is 188 g/mol. The Labute approximate surface area is 82.2 Å². The number of rotatable bonds is 2. The highest BCUT2D eigenvalue weighted by Crippen LogP contribution is 2.21. The minimum absolute atomic E-state index is 0.00231. The van der Waals surface area contributed by atoms with Crippen LogP contribution in [0.4, 0.5) is 0 Å². The lowest BCUT2D eigenvalue weighted by Gasteiger charge is -2.05. The molecule has 0 aromatic heterocycles. The zero-order valence-corrected chi connectivity index (χ0v) is 8.30. The molecule has 0 aliphatic rings. The van der Waals surface area contributed by atoms with Gasteiger partial charge in [-0.05, 0) is 31.5 Å². The van der Waals surface area contributed by atoms with Crippen LogP contribution in [0.15, 0.2) is 18.2 Å². The van der Waals surface area contributed by atoms with Crippen LogP contribution in [-0.4, -0.2) is 16.3 Å². The number of benzene rings is 1. The fourth-order valence-electron chi connectivity index (χ4n) is 1.06. The summed E-state index contributed by atoms with van der Waals surface area (Å²) in [5.41, 5.74) is 1.20. The van der Waals surface area contributed by atoms with Crippen LogP contribution in [0.3, 0.4) is 0 Å². The maximum absolute atomic E-state index is 11.4. The van der Waals surface area contributed by atoms with E-state index in [0.717, 1.165) is 5.56 Å². The van der Waals surface area contributed by atoms with E-state index in [-0.39, 0.29) is 17.1 Å². The van der Waals surface area contributed by atoms with Gasteiger partial charge in [-0.2, -0.15) is 0 Å². The first-order valence-corrected chi connectivity index (χ1v) is 4.44. The molecule has 13 heavy (non-hydrogen) atoms. The van der Waals surface area contributed by atoms with E-state index in [1.807, 2.05) is 6.92 Å². The van der Waals surface area contributed by atoms with Gasteiger partial charge in [0.15, 0.2) is 5.78 Å². The molecule has 0 aliphatic carbocycles. The summed E-state index contributed by atoms with van der Waals surface area (Å²) < 4.78 is 0. The van der Waals surface area contributed by atoms with Gasteiger partial charge in [-0.3, -0.25) is 4.79 Å². The zero-order chi connectivity index (χ0) is 10.0. The van der Waals surface area contributed by atoms with Crippen molar-refractivity contribution in [2.45, 2.75) is 19.2 Å². The van der Waals surface area contributed by atoms with Crippen LogP contribution in [-0.2, 0) is 0 Å². The van der Waals surface area contributed by atoms with Crippen molar-refractivity contribution in [1.29, 1.82) is 0 Å². The average Bonchev–Trinajstić information content (AvgIpc) is 2.03. The van der Waals surface area contributed by atoms with Crippen molar-refractivity contribution < 1.29 is 9.90 Å². The fourth-order valence-corrected chi connectivity index (χ4v) is 1.18. The molecule has 1 aromatic rings. The number of aryl methyl sites for hydroxylation is 1. The highest BCUT2D eigenvalue weighted by molar-refractivity contribution is 6.33. The summed E-state index contributed by atoms with van der Waals surface area (Å²) in [5.74, 6) is -0.253. The molecule has 1 aromatic carbocycles. The molecule has 1 rings (SSSR count). The lowest BCUT2D eigenvalue weighted by Crippen LogP contribution is -2.10. The van der Waals surface area contributed by atoms with Gasteiger partial charge in [0.1, 0.15) is 5.75 Å². The first-order chi connectivity index (χ1) is 6.02. The molecule has 2 nitrogen and oxygen atoms in total. The quantitative estimate of drug-likeness (QED) is 0.586. The summed E-state index contributed by atoms with van der Waals surface area (Å²) in [6.45, 7) is 3.43. The number of alkyl halides is 1. The molecule has 0 spiro atoms. The highest BCUT2D eigenvalue weighted by atomic mass is 35.5. The smallest absolute Gasteiger partial charge is 0.184 e. The fraction of sp³-hybridized carbons (Fsp3) is 0.300. The van der Waals surface area contributed by atoms with Gasteiger partial charge in [0.25, 0.3) is 0 Å². The van der Waals surface area contributed by atoms with Crippen molar-refractivity contribution in [2.24, 2.45) is 0 Å². The number of carbonyl (C=O) groups is 1. The standard InChI is InChI=1S/C10H11ClO2/c1-6-3-4-8(9(12)5-6)10(13)7(2)11/h3-5,7,12H,1-2H3. The summed E-state index contributed by atoms with van der Waals surface area (Å²) in [4.78, 5) is 11.4. The average molecular weight is 199 g/mol. The van der Waals surface area contributed by atoms with E-state index < -0.39 is 5.38 Å². The van der Waals surface area contributed by atoms with E-state index in [4.69, 9.17) is 11.6 Å². The summed E-state index contributed by atoms with van der Waals surface area (Å²) in [6, 6.07) is 4.91. The number of halogens is 1. The predicted octanol–water partition coefficient (Wildman–Crippen LogP) is 2.51. The Morgan fingerprint density at radius 2 is 2.15 bits per heavy atom. The van der Waals surface area contributed by atoms with E-state index in [9.17, 15) is 9.90 Å². The Morgan fingerprint density at radius 3 is 2.62 bits per heavy atom. The van der Waals surface area contributed by atoms with E-state index in [2.05, 4.69) is 0 Å². The molecule has 0 radical (unpaired) electrons. The molecule has 1 unspecified atom stereocenters. The largest absolute Gasteiger partial charge is 0.507 e. The Bertz CT molecular complexity index is 332. The molecule has 1 atom stereocenters. The van der Waals surface area contributed by atoms with Gasteiger partial charge in [0.05, 0.1) is 10.9 Å². The van der Waals surface area contributed by atoms with E-state index in [1.54, 1.807) is 25.1 Å². The number of Topliss-reactive ketones (excluding diaryl/α,β-unsaturated/α-hetero) is 1. The van der Waals surface area contributed by atoms with Crippen molar-refractivity contribution in [3.8, 4) is 5.75 Å². The number of carbonyl (C=O) groups excluding carboxylic acids is 1. The monoisotopic (exact) mass is 198 g/mol. The summed E-state index contributed by atoms with van der Waals surface area (Å²) in [5, 5.41) is 8.83. The van der Waals surface area contributed by atoms with Crippen LogP contribution in [0.1, 0.15) is 22.8 Å². The maximum Gasteiger partial charge on any atom is 0.184 e. The number of phenolic OH excluding ortho intramolecular Hbond substituents is 1. The van der Waals surface area contributed by atoms with Gasteiger partial charge in [0.2, 0.25) is 0 Å². The van der Waals surface area contributed by atoms with Gasteiger partial charge >= 0.3 is 0 Å². The van der Waals surface area contributed by atoms with Crippen molar-refractivity contribution in [3.05, 3.63) is 29.3 Å². The van der Waals surface area contributed by atoms with Crippen LogP contribution in [0.5, 0.6) is 5.75 Å². The van der Waals surface area contributed by atoms with Gasteiger partial charge < -0.3 is 5.11 Å². The van der Waals surface area contributed by atoms with Crippen molar-refractivity contribution >= 4 is 17.4 Å². The molecule has 70 valence electrons. The van der Waals surface area contributed by atoms with Crippen LogP contribution >= 0.6 is 11.6 Å². The zero-order valence-electron chi connectivity index (χ0n) is 7.54. The van der Waals surface area contributed by atoms with Gasteiger partial charge in [0, 0.05) is 0 Å². The van der Waals surface area contributed by atoms with E-state index in [1.165, 1.54) is 0 Å². The van der Waals surface area contributed by atoms with Crippen LogP contribution < -0.4 is 0 Å². The first kappa shape index (κ1) is 10.1. The molecular formula is C10H11ClO2. The lowest BCUT2D eigenvalue weighted by atomic mass is 10.1. The molecule has 0 saturated carbocycles. The molecule has 0 fully saturated rings. The normalized spacial score (nSPS) is 12.5. The number of hydrogen-bond acceptors (Lipinski definition) is 2. The third-order valence-corrected chi connectivity index (χ3v) is 1.98. The lowest BCUT2D eigenvalue weighted by molar-refractivity contribution is 0.0989. The topological polar surface area (TPSA) is 37.3 Å².